The van der Waals surface area contributed by atoms with Crippen LogP contribution in [0.15, 0.2) is 17.7 Å². The molecule has 4 heteroatoms. The zero-order chi connectivity index (χ0) is 17.6. The smallest absolute Gasteiger partial charge is 0.339 e. The average molecular weight is 330 g/mol. The van der Waals surface area contributed by atoms with Crippen molar-refractivity contribution in [2.75, 3.05) is 0 Å². The highest BCUT2D eigenvalue weighted by molar-refractivity contribution is 5.94. The first kappa shape index (κ1) is 16.9. The van der Waals surface area contributed by atoms with E-state index in [0.717, 1.165) is 19.3 Å². The molecule has 3 rings (SSSR count). The van der Waals surface area contributed by atoms with E-state index >= 15 is 0 Å². The number of allylic oxidation sites excluding steroid dienone is 2. The molecule has 0 radical (unpaired) electrons. The first-order chi connectivity index (χ1) is 11.3. The van der Waals surface area contributed by atoms with Crippen LogP contribution < -0.4 is 4.74 Å². The quantitative estimate of drug-likeness (QED) is 0.791. The summed E-state index contributed by atoms with van der Waals surface area (Å²) in [5.41, 5.74) is 2.28. The van der Waals surface area contributed by atoms with E-state index in [9.17, 15) is 15.0 Å². The Labute approximate surface area is 143 Å². The lowest BCUT2D eigenvalue weighted by Gasteiger charge is -2.46. The summed E-state index contributed by atoms with van der Waals surface area (Å²) in [6, 6.07) is 1.83. The van der Waals surface area contributed by atoms with E-state index in [0.29, 0.717) is 23.3 Å². The Bertz CT molecular complexity index is 715. The number of carboxylic acids is 1. The molecule has 1 aromatic carbocycles. The molecule has 0 saturated carbocycles. The van der Waals surface area contributed by atoms with Crippen molar-refractivity contribution in [3.8, 4) is 11.5 Å². The maximum atomic E-state index is 11.7. The number of aryl methyl sites for hydroxylation is 1. The number of ether oxygens (including phenoxy) is 1. The molecular weight excluding hydrogens is 304 g/mol. The highest BCUT2D eigenvalue weighted by Gasteiger charge is 2.46. The van der Waals surface area contributed by atoms with Crippen LogP contribution in [0.5, 0.6) is 11.5 Å². The van der Waals surface area contributed by atoms with Gasteiger partial charge in [-0.2, -0.15) is 0 Å². The van der Waals surface area contributed by atoms with E-state index in [1.165, 1.54) is 5.57 Å². The SMILES string of the molecule is CCCc1cc2c(c(O)c1C(=O)O)[C@@H]1C=C(C)CC[C@H]1C(C)(C)O2. The molecule has 2 N–H and O–H groups in total. The van der Waals surface area contributed by atoms with Gasteiger partial charge in [0.05, 0.1) is 0 Å². The molecule has 0 unspecified atom stereocenters. The van der Waals surface area contributed by atoms with Crippen LogP contribution in [0.2, 0.25) is 0 Å². The Morgan fingerprint density at radius 2 is 2.12 bits per heavy atom. The molecule has 0 fully saturated rings. The number of carbonyl (C=O) groups is 1. The van der Waals surface area contributed by atoms with Gasteiger partial charge in [0, 0.05) is 17.4 Å². The Kier molecular flexibility index (Phi) is 4.10. The van der Waals surface area contributed by atoms with Crippen LogP contribution in [-0.2, 0) is 6.42 Å². The van der Waals surface area contributed by atoms with E-state index in [2.05, 4.69) is 26.8 Å². The van der Waals surface area contributed by atoms with E-state index in [-0.39, 0.29) is 28.7 Å². The van der Waals surface area contributed by atoms with Gasteiger partial charge < -0.3 is 14.9 Å². The minimum absolute atomic E-state index is 0.00581. The van der Waals surface area contributed by atoms with Crippen LogP contribution in [0.3, 0.4) is 0 Å². The van der Waals surface area contributed by atoms with Crippen molar-refractivity contribution in [2.24, 2.45) is 5.92 Å². The number of benzene rings is 1. The second kappa shape index (κ2) is 5.83. The molecular formula is C20H26O4. The fourth-order valence-electron chi connectivity index (χ4n) is 4.32. The topological polar surface area (TPSA) is 66.8 Å². The third-order valence-corrected chi connectivity index (χ3v) is 5.46. The highest BCUT2D eigenvalue weighted by atomic mass is 16.5. The lowest BCUT2D eigenvalue weighted by atomic mass is 9.67. The van der Waals surface area contributed by atoms with Gasteiger partial charge in [-0.25, -0.2) is 4.79 Å². The van der Waals surface area contributed by atoms with Crippen LogP contribution in [0.4, 0.5) is 0 Å². The summed E-state index contributed by atoms with van der Waals surface area (Å²) >= 11 is 0. The number of aromatic hydroxyl groups is 1. The molecule has 0 saturated heterocycles. The number of hydrogen-bond donors (Lipinski definition) is 2. The third-order valence-electron chi connectivity index (χ3n) is 5.46. The first-order valence-corrected chi connectivity index (χ1v) is 8.74. The number of aromatic carboxylic acids is 1. The van der Waals surface area contributed by atoms with Crippen molar-refractivity contribution in [2.45, 2.75) is 64.9 Å². The number of hydrogen-bond acceptors (Lipinski definition) is 3. The third kappa shape index (κ3) is 2.58. The van der Waals surface area contributed by atoms with Crippen LogP contribution in [0, 0.1) is 5.92 Å². The van der Waals surface area contributed by atoms with Crippen LogP contribution >= 0.6 is 0 Å². The Morgan fingerprint density at radius 1 is 1.42 bits per heavy atom. The normalized spacial score (nSPS) is 24.4. The Hall–Kier alpha value is -1.97. The molecule has 4 nitrogen and oxygen atoms in total. The summed E-state index contributed by atoms with van der Waals surface area (Å²) < 4.78 is 6.24. The molecule has 24 heavy (non-hydrogen) atoms. The molecule has 0 bridgehead atoms. The van der Waals surface area contributed by atoms with E-state index in [1.54, 1.807) is 0 Å². The second-order valence-corrected chi connectivity index (χ2v) is 7.62. The van der Waals surface area contributed by atoms with Crippen molar-refractivity contribution < 1.29 is 19.7 Å². The molecule has 0 aromatic heterocycles. The highest BCUT2D eigenvalue weighted by Crippen LogP contribution is 2.54. The molecule has 2 aliphatic rings. The molecule has 1 heterocycles. The second-order valence-electron chi connectivity index (χ2n) is 7.62. The van der Waals surface area contributed by atoms with Gasteiger partial charge >= 0.3 is 5.97 Å². The fourth-order valence-corrected chi connectivity index (χ4v) is 4.32. The maximum absolute atomic E-state index is 11.7. The predicted octanol–water partition coefficient (Wildman–Crippen LogP) is 4.65. The number of carboxylic acid groups (broad SMARTS) is 1. The Balaban J connectivity index is 2.26. The number of fused-ring (bicyclic) bond motifs is 3. The van der Waals surface area contributed by atoms with Crippen LogP contribution in [-0.4, -0.2) is 21.8 Å². The zero-order valence-corrected chi connectivity index (χ0v) is 14.8. The summed E-state index contributed by atoms with van der Waals surface area (Å²) in [4.78, 5) is 11.7. The summed E-state index contributed by atoms with van der Waals surface area (Å²) in [6.07, 6.45) is 5.60. The van der Waals surface area contributed by atoms with Crippen molar-refractivity contribution in [1.29, 1.82) is 0 Å². The fraction of sp³-hybridized carbons (Fsp3) is 0.550. The van der Waals surface area contributed by atoms with Gasteiger partial charge in [0.1, 0.15) is 22.7 Å². The number of rotatable bonds is 3. The van der Waals surface area contributed by atoms with Crippen molar-refractivity contribution in [3.05, 3.63) is 34.4 Å². The van der Waals surface area contributed by atoms with Gasteiger partial charge in [0.2, 0.25) is 0 Å². The van der Waals surface area contributed by atoms with Crippen molar-refractivity contribution in [1.82, 2.24) is 0 Å². The van der Waals surface area contributed by atoms with Crippen molar-refractivity contribution >= 4 is 5.97 Å². The van der Waals surface area contributed by atoms with Gasteiger partial charge in [0.25, 0.3) is 0 Å². The predicted molar refractivity (Wildman–Crippen MR) is 93.0 cm³/mol. The standard InChI is InChI=1S/C20H26O4/c1-5-6-12-10-15-17(18(21)16(12)19(22)23)13-9-11(2)7-8-14(13)20(3,4)24-15/h9-10,13-14,21H,5-8H2,1-4H3,(H,22,23)/t13-,14-/m1/s1. The van der Waals surface area contributed by atoms with Gasteiger partial charge in [-0.05, 0) is 51.7 Å². The van der Waals surface area contributed by atoms with Crippen LogP contribution in [0.1, 0.15) is 74.4 Å². The molecule has 1 aliphatic carbocycles. The van der Waals surface area contributed by atoms with Crippen LogP contribution in [0.25, 0.3) is 0 Å². The van der Waals surface area contributed by atoms with Crippen molar-refractivity contribution in [3.63, 3.8) is 0 Å². The molecule has 1 aliphatic heterocycles. The minimum atomic E-state index is -1.07. The average Bonchev–Trinajstić information content (AvgIpc) is 2.45. The lowest BCUT2D eigenvalue weighted by molar-refractivity contribution is 0.0106. The Morgan fingerprint density at radius 3 is 2.75 bits per heavy atom. The van der Waals surface area contributed by atoms with Gasteiger partial charge in [0.15, 0.2) is 0 Å². The molecule has 2 atom stereocenters. The zero-order valence-electron chi connectivity index (χ0n) is 14.8. The van der Waals surface area contributed by atoms with E-state index in [4.69, 9.17) is 4.74 Å². The number of phenols is 1. The monoisotopic (exact) mass is 330 g/mol. The van der Waals surface area contributed by atoms with Gasteiger partial charge in [-0.15, -0.1) is 0 Å². The minimum Gasteiger partial charge on any atom is -0.507 e. The summed E-state index contributed by atoms with van der Waals surface area (Å²) in [7, 11) is 0. The van der Waals surface area contributed by atoms with Gasteiger partial charge in [-0.1, -0.05) is 25.0 Å². The van der Waals surface area contributed by atoms with Gasteiger partial charge in [-0.3, -0.25) is 0 Å². The molecule has 0 spiro atoms. The maximum Gasteiger partial charge on any atom is 0.339 e. The summed E-state index contributed by atoms with van der Waals surface area (Å²) in [5.74, 6) is -0.306. The molecule has 130 valence electrons. The van der Waals surface area contributed by atoms with E-state index < -0.39 is 5.97 Å². The largest absolute Gasteiger partial charge is 0.507 e. The first-order valence-electron chi connectivity index (χ1n) is 8.74. The lowest BCUT2D eigenvalue weighted by Crippen LogP contribution is -2.45. The summed E-state index contributed by atoms with van der Waals surface area (Å²) in [6.45, 7) is 8.27. The molecule has 0 amide bonds. The van der Waals surface area contributed by atoms with E-state index in [1.807, 2.05) is 13.0 Å². The molecule has 1 aromatic rings. The summed E-state index contributed by atoms with van der Waals surface area (Å²) in [5, 5.41) is 20.4.